The van der Waals surface area contributed by atoms with Crippen molar-refractivity contribution >= 4 is 5.78 Å². The van der Waals surface area contributed by atoms with Crippen LogP contribution in [0.5, 0.6) is 0 Å². The average molecular weight is 227 g/mol. The van der Waals surface area contributed by atoms with Gasteiger partial charge >= 0.3 is 0 Å². The highest BCUT2D eigenvalue weighted by atomic mass is 16.1. The lowest BCUT2D eigenvalue weighted by molar-refractivity contribution is -0.130. The second kappa shape index (κ2) is 4.00. The average Bonchev–Trinajstić information content (AvgIpc) is 2.55. The molecule has 17 heavy (non-hydrogen) atoms. The summed E-state index contributed by atoms with van der Waals surface area (Å²) >= 11 is 0. The van der Waals surface area contributed by atoms with Crippen molar-refractivity contribution in [1.29, 1.82) is 5.26 Å². The predicted molar refractivity (Wildman–Crippen MR) is 66.2 cm³/mol. The van der Waals surface area contributed by atoms with E-state index < -0.39 is 5.41 Å². The summed E-state index contributed by atoms with van der Waals surface area (Å²) in [6.45, 7) is 3.89. The van der Waals surface area contributed by atoms with Crippen molar-refractivity contribution in [3.8, 4) is 6.07 Å². The van der Waals surface area contributed by atoms with Gasteiger partial charge in [-0.2, -0.15) is 5.26 Å². The molecule has 88 valence electrons. The van der Waals surface area contributed by atoms with Crippen LogP contribution in [0.3, 0.4) is 0 Å². The molecule has 2 rings (SSSR count). The number of ketones is 1. The molecule has 2 heteroatoms. The van der Waals surface area contributed by atoms with E-state index in [2.05, 4.69) is 6.07 Å². The lowest BCUT2D eigenvalue weighted by Gasteiger charge is -2.22. The highest BCUT2D eigenvalue weighted by molar-refractivity contribution is 5.94. The second-order valence-electron chi connectivity index (χ2n) is 5.57. The Morgan fingerprint density at radius 2 is 1.88 bits per heavy atom. The van der Waals surface area contributed by atoms with E-state index in [1.54, 1.807) is 0 Å². The first kappa shape index (κ1) is 11.9. The zero-order chi connectivity index (χ0) is 12.5. The minimum Gasteiger partial charge on any atom is -0.297 e. The third kappa shape index (κ3) is 1.98. The molecule has 1 aliphatic rings. The van der Waals surface area contributed by atoms with Crippen LogP contribution in [0.2, 0.25) is 0 Å². The second-order valence-corrected chi connectivity index (χ2v) is 5.57. The summed E-state index contributed by atoms with van der Waals surface area (Å²) in [6, 6.07) is 12.1. The molecular formula is C15H17NO. The maximum Gasteiger partial charge on any atom is 0.158 e. The van der Waals surface area contributed by atoms with Crippen LogP contribution < -0.4 is 0 Å². The van der Waals surface area contributed by atoms with Crippen molar-refractivity contribution < 1.29 is 4.79 Å². The number of carbonyl (C=O) groups is 1. The maximum absolute atomic E-state index is 12.4. The Hall–Kier alpha value is -1.62. The van der Waals surface area contributed by atoms with Crippen molar-refractivity contribution in [3.05, 3.63) is 35.9 Å². The van der Waals surface area contributed by atoms with Crippen molar-refractivity contribution in [2.75, 3.05) is 0 Å². The zero-order valence-corrected chi connectivity index (χ0v) is 10.4. The number of Topliss-reactive ketones (excluding diaryl/α,β-unsaturated/α-hetero) is 1. The lowest BCUT2D eigenvalue weighted by Crippen LogP contribution is -2.33. The third-order valence-corrected chi connectivity index (χ3v) is 3.79. The molecule has 1 aromatic carbocycles. The summed E-state index contributed by atoms with van der Waals surface area (Å²) in [6.07, 6.45) is 2.04. The first-order valence-electron chi connectivity index (χ1n) is 6.00. The van der Waals surface area contributed by atoms with Gasteiger partial charge in [0.05, 0.1) is 6.07 Å². The third-order valence-electron chi connectivity index (χ3n) is 3.79. The first-order valence-corrected chi connectivity index (χ1v) is 6.00. The molecule has 0 aromatic heterocycles. The van der Waals surface area contributed by atoms with Crippen LogP contribution in [0.4, 0.5) is 0 Å². The zero-order valence-electron chi connectivity index (χ0n) is 10.4. The molecule has 1 atom stereocenters. The van der Waals surface area contributed by atoms with Gasteiger partial charge in [-0.25, -0.2) is 0 Å². The number of hydrogen-bond acceptors (Lipinski definition) is 2. The molecule has 1 fully saturated rings. The van der Waals surface area contributed by atoms with Crippen LogP contribution in [-0.4, -0.2) is 5.78 Å². The molecule has 2 nitrogen and oxygen atoms in total. The Balaban J connectivity index is 2.30. The van der Waals surface area contributed by atoms with Crippen molar-refractivity contribution in [1.82, 2.24) is 0 Å². The number of carbonyl (C=O) groups excluding carboxylic acids is 1. The van der Waals surface area contributed by atoms with Crippen molar-refractivity contribution in [2.24, 2.45) is 10.8 Å². The maximum atomic E-state index is 12.4. The Morgan fingerprint density at radius 3 is 2.35 bits per heavy atom. The summed E-state index contributed by atoms with van der Waals surface area (Å²) in [5.41, 5.74) is -0.0740. The molecule has 0 N–H and O–H groups in total. The van der Waals surface area contributed by atoms with Gasteiger partial charge in [0, 0.05) is 5.41 Å². The molecule has 0 bridgehead atoms. The Morgan fingerprint density at radius 1 is 1.24 bits per heavy atom. The van der Waals surface area contributed by atoms with Gasteiger partial charge in [0.1, 0.15) is 5.41 Å². The monoisotopic (exact) mass is 227 g/mol. The molecule has 1 aromatic rings. The van der Waals surface area contributed by atoms with Gasteiger partial charge in [0.25, 0.3) is 0 Å². The SMILES string of the molecule is CC1(C)CCC(C#N)(Cc2ccccc2)C1=O. The van der Waals surface area contributed by atoms with E-state index >= 15 is 0 Å². The topological polar surface area (TPSA) is 40.9 Å². The van der Waals surface area contributed by atoms with E-state index in [0.29, 0.717) is 12.8 Å². The first-order chi connectivity index (χ1) is 8.00. The summed E-state index contributed by atoms with van der Waals surface area (Å²) < 4.78 is 0. The van der Waals surface area contributed by atoms with Crippen LogP contribution in [0.1, 0.15) is 32.3 Å². The van der Waals surface area contributed by atoms with E-state index in [4.69, 9.17) is 0 Å². The molecule has 0 saturated heterocycles. The Bertz CT molecular complexity index is 469. The molecule has 0 amide bonds. The summed E-state index contributed by atoms with van der Waals surface area (Å²) in [5, 5.41) is 9.41. The van der Waals surface area contributed by atoms with Gasteiger partial charge < -0.3 is 0 Å². The van der Waals surface area contributed by atoms with Gasteiger partial charge in [-0.3, -0.25) is 4.79 Å². The molecule has 1 unspecified atom stereocenters. The number of hydrogen-bond donors (Lipinski definition) is 0. The van der Waals surface area contributed by atoms with E-state index in [9.17, 15) is 10.1 Å². The van der Waals surface area contributed by atoms with Crippen LogP contribution in [0, 0.1) is 22.2 Å². The van der Waals surface area contributed by atoms with Gasteiger partial charge in [0.15, 0.2) is 5.78 Å². The Kier molecular flexibility index (Phi) is 2.79. The minimum absolute atomic E-state index is 0.108. The highest BCUT2D eigenvalue weighted by Crippen LogP contribution is 2.47. The highest BCUT2D eigenvalue weighted by Gasteiger charge is 2.52. The van der Waals surface area contributed by atoms with Crippen LogP contribution in [0.15, 0.2) is 30.3 Å². The lowest BCUT2D eigenvalue weighted by atomic mass is 9.77. The molecule has 1 saturated carbocycles. The summed E-state index contributed by atoms with van der Waals surface area (Å²) in [5.74, 6) is 0.108. The van der Waals surface area contributed by atoms with Crippen LogP contribution >= 0.6 is 0 Å². The van der Waals surface area contributed by atoms with Gasteiger partial charge in [0.2, 0.25) is 0 Å². The molecule has 0 aliphatic heterocycles. The fourth-order valence-corrected chi connectivity index (χ4v) is 2.66. The van der Waals surface area contributed by atoms with Crippen LogP contribution in [0.25, 0.3) is 0 Å². The van der Waals surface area contributed by atoms with E-state index in [-0.39, 0.29) is 11.2 Å². The molecule has 1 aliphatic carbocycles. The molecule has 0 heterocycles. The minimum atomic E-state index is -0.801. The fourth-order valence-electron chi connectivity index (χ4n) is 2.66. The fraction of sp³-hybridized carbons (Fsp3) is 0.467. The van der Waals surface area contributed by atoms with E-state index in [1.165, 1.54) is 0 Å². The molecular weight excluding hydrogens is 210 g/mol. The number of nitriles is 1. The van der Waals surface area contributed by atoms with Gasteiger partial charge in [-0.05, 0) is 24.8 Å². The largest absolute Gasteiger partial charge is 0.297 e. The smallest absolute Gasteiger partial charge is 0.158 e. The molecule has 0 radical (unpaired) electrons. The van der Waals surface area contributed by atoms with Crippen molar-refractivity contribution in [2.45, 2.75) is 33.1 Å². The molecule has 0 spiro atoms. The van der Waals surface area contributed by atoms with E-state index in [1.807, 2.05) is 44.2 Å². The normalized spacial score (nSPS) is 26.8. The van der Waals surface area contributed by atoms with Gasteiger partial charge in [-0.1, -0.05) is 44.2 Å². The number of benzene rings is 1. The summed E-state index contributed by atoms with van der Waals surface area (Å²) in [7, 11) is 0. The quantitative estimate of drug-likeness (QED) is 0.778. The Labute approximate surface area is 102 Å². The van der Waals surface area contributed by atoms with Crippen LogP contribution in [-0.2, 0) is 11.2 Å². The van der Waals surface area contributed by atoms with E-state index in [0.717, 1.165) is 12.0 Å². The summed E-state index contributed by atoms with van der Waals surface area (Å²) in [4.78, 5) is 12.4. The number of nitrogens with zero attached hydrogens (tertiary/aromatic N) is 1. The van der Waals surface area contributed by atoms with Gasteiger partial charge in [-0.15, -0.1) is 0 Å². The van der Waals surface area contributed by atoms with Crippen molar-refractivity contribution in [3.63, 3.8) is 0 Å². The number of rotatable bonds is 2. The standard InChI is InChI=1S/C15H17NO/c1-14(2)8-9-15(11-16,13(14)17)10-12-6-4-3-5-7-12/h3-7H,8-10H2,1-2H3. The predicted octanol–water partition coefficient (Wildman–Crippen LogP) is 3.13.